The molecule has 3 rings (SSSR count). The Bertz CT molecular complexity index is 1130. The summed E-state index contributed by atoms with van der Waals surface area (Å²) in [4.78, 5) is 17.6. The number of nitrogens with zero attached hydrogens (tertiary/aromatic N) is 3. The van der Waals surface area contributed by atoms with Gasteiger partial charge in [-0.1, -0.05) is 35.8 Å². The molecule has 1 atom stereocenters. The van der Waals surface area contributed by atoms with Crippen LogP contribution in [0.5, 0.6) is 5.75 Å². The third-order valence-corrected chi connectivity index (χ3v) is 5.10. The van der Waals surface area contributed by atoms with Gasteiger partial charge in [0.1, 0.15) is 19.0 Å². The second-order valence-corrected chi connectivity index (χ2v) is 8.06. The molecule has 0 aliphatic heterocycles. The Morgan fingerprint density at radius 1 is 1.08 bits per heavy atom. The minimum absolute atomic E-state index is 0.0299. The highest BCUT2D eigenvalue weighted by atomic mass is 35.5. The van der Waals surface area contributed by atoms with Crippen LogP contribution in [0.25, 0.3) is 11.5 Å². The molecule has 0 amide bonds. The number of aromatic nitrogens is 2. The molecule has 0 fully saturated rings. The van der Waals surface area contributed by atoms with Crippen molar-refractivity contribution in [3.8, 4) is 17.2 Å². The lowest BCUT2D eigenvalue weighted by atomic mass is 10.1. The Morgan fingerprint density at radius 2 is 1.89 bits per heavy atom. The van der Waals surface area contributed by atoms with Crippen LogP contribution in [0.3, 0.4) is 0 Å². The fraction of sp³-hybridized carbons (Fsp3) is 0.385. The van der Waals surface area contributed by atoms with Gasteiger partial charge < -0.3 is 23.5 Å². The van der Waals surface area contributed by atoms with Gasteiger partial charge in [0.15, 0.2) is 11.8 Å². The zero-order chi connectivity index (χ0) is 25.8. The molecular weight excluding hydrogens is 486 g/mol. The minimum atomic E-state index is -0.686. The van der Waals surface area contributed by atoms with Gasteiger partial charge in [0, 0.05) is 23.6 Å². The zero-order valence-corrected chi connectivity index (χ0v) is 21.4. The van der Waals surface area contributed by atoms with Crippen molar-refractivity contribution < 1.29 is 28.3 Å². The molecule has 0 saturated carbocycles. The predicted octanol–water partition coefficient (Wildman–Crippen LogP) is 5.11. The SMILES string of the molecule is CCCON=C(COc1cccc(CC(OCC)C(=O)OCC)c1)c1nnc(-c2ccc(Cl)cc2)o1. The largest absolute Gasteiger partial charge is 0.487 e. The van der Waals surface area contributed by atoms with Gasteiger partial charge in [0.05, 0.1) is 6.61 Å². The molecule has 36 heavy (non-hydrogen) atoms. The number of carbonyl (C=O) groups is 1. The number of rotatable bonds is 14. The lowest BCUT2D eigenvalue weighted by molar-refractivity contribution is -0.156. The molecule has 2 aromatic carbocycles. The van der Waals surface area contributed by atoms with Gasteiger partial charge in [-0.15, -0.1) is 10.2 Å². The number of hydrogen-bond donors (Lipinski definition) is 0. The fourth-order valence-corrected chi connectivity index (χ4v) is 3.29. The van der Waals surface area contributed by atoms with Crippen LogP contribution in [-0.4, -0.2) is 54.4 Å². The Kier molecular flexibility index (Phi) is 10.7. The summed E-state index contributed by atoms with van der Waals surface area (Å²) in [5.41, 5.74) is 1.94. The molecule has 0 radical (unpaired) electrons. The fourth-order valence-electron chi connectivity index (χ4n) is 3.17. The highest BCUT2D eigenvalue weighted by Gasteiger charge is 2.21. The number of esters is 1. The van der Waals surface area contributed by atoms with Crippen molar-refractivity contribution >= 4 is 23.3 Å². The minimum Gasteiger partial charge on any atom is -0.487 e. The van der Waals surface area contributed by atoms with E-state index in [4.69, 9.17) is 35.1 Å². The van der Waals surface area contributed by atoms with Gasteiger partial charge in [0.2, 0.25) is 5.89 Å². The summed E-state index contributed by atoms with van der Waals surface area (Å²) in [7, 11) is 0. The van der Waals surface area contributed by atoms with Crippen molar-refractivity contribution in [2.45, 2.75) is 39.7 Å². The third kappa shape index (κ3) is 8.07. The molecule has 3 aromatic rings. The summed E-state index contributed by atoms with van der Waals surface area (Å²) in [6.45, 7) is 6.74. The van der Waals surface area contributed by atoms with Gasteiger partial charge in [0.25, 0.3) is 5.89 Å². The summed E-state index contributed by atoms with van der Waals surface area (Å²) < 4.78 is 22.5. The average Bonchev–Trinajstić information content (AvgIpc) is 3.37. The van der Waals surface area contributed by atoms with Crippen molar-refractivity contribution in [2.75, 3.05) is 26.4 Å². The monoisotopic (exact) mass is 515 g/mol. The van der Waals surface area contributed by atoms with Crippen molar-refractivity contribution in [3.05, 3.63) is 65.0 Å². The van der Waals surface area contributed by atoms with Crippen LogP contribution in [0.1, 0.15) is 38.6 Å². The van der Waals surface area contributed by atoms with E-state index in [1.54, 1.807) is 37.3 Å². The first-order valence-corrected chi connectivity index (χ1v) is 12.2. The standard InChI is InChI=1S/C26H30ClN3O6/c1-4-14-35-30-22(25-29-28-24(36-25)19-10-12-20(27)13-11-19)17-34-21-9-7-8-18(15-21)16-23(32-5-2)26(31)33-6-3/h7-13,15,23H,4-6,14,16-17H2,1-3H3. The topological polar surface area (TPSA) is 105 Å². The molecule has 1 heterocycles. The molecule has 1 unspecified atom stereocenters. The molecule has 0 bridgehead atoms. The first-order chi connectivity index (χ1) is 17.5. The lowest BCUT2D eigenvalue weighted by Gasteiger charge is -2.16. The van der Waals surface area contributed by atoms with Crippen molar-refractivity contribution in [3.63, 3.8) is 0 Å². The third-order valence-electron chi connectivity index (χ3n) is 4.85. The number of hydrogen-bond acceptors (Lipinski definition) is 9. The summed E-state index contributed by atoms with van der Waals surface area (Å²) in [6, 6.07) is 14.4. The second kappa shape index (κ2) is 14.2. The van der Waals surface area contributed by atoms with Gasteiger partial charge >= 0.3 is 5.97 Å². The second-order valence-electron chi connectivity index (χ2n) is 7.63. The number of carbonyl (C=O) groups excluding carboxylic acids is 1. The maximum Gasteiger partial charge on any atom is 0.335 e. The Labute approximate surface area is 215 Å². The van der Waals surface area contributed by atoms with Crippen LogP contribution in [0, 0.1) is 0 Å². The van der Waals surface area contributed by atoms with E-state index in [1.165, 1.54) is 0 Å². The number of ether oxygens (including phenoxy) is 3. The zero-order valence-electron chi connectivity index (χ0n) is 20.6. The summed E-state index contributed by atoms with van der Waals surface area (Å²) in [5.74, 6) is 0.701. The van der Waals surface area contributed by atoms with Gasteiger partial charge in [-0.2, -0.15) is 0 Å². The van der Waals surface area contributed by atoms with E-state index in [0.29, 0.717) is 48.6 Å². The van der Waals surface area contributed by atoms with Crippen LogP contribution >= 0.6 is 11.6 Å². The summed E-state index contributed by atoms with van der Waals surface area (Å²) >= 11 is 5.96. The van der Waals surface area contributed by atoms with Gasteiger partial charge in [-0.25, -0.2) is 4.79 Å². The number of oxime groups is 1. The molecule has 192 valence electrons. The molecular formula is C26H30ClN3O6. The van der Waals surface area contributed by atoms with Gasteiger partial charge in [-0.05, 0) is 62.2 Å². The van der Waals surface area contributed by atoms with Crippen molar-refractivity contribution in [2.24, 2.45) is 5.16 Å². The molecule has 0 aliphatic carbocycles. The van der Waals surface area contributed by atoms with Crippen LogP contribution in [0.15, 0.2) is 58.1 Å². The smallest absolute Gasteiger partial charge is 0.335 e. The van der Waals surface area contributed by atoms with E-state index in [-0.39, 0.29) is 18.5 Å². The Hall–Kier alpha value is -3.43. The molecule has 0 aliphatic rings. The van der Waals surface area contributed by atoms with E-state index in [0.717, 1.165) is 17.5 Å². The average molecular weight is 516 g/mol. The first-order valence-electron chi connectivity index (χ1n) is 11.8. The Balaban J connectivity index is 1.72. The van der Waals surface area contributed by atoms with Crippen LogP contribution in [0.2, 0.25) is 5.02 Å². The highest BCUT2D eigenvalue weighted by molar-refractivity contribution is 6.30. The van der Waals surface area contributed by atoms with Crippen molar-refractivity contribution in [1.82, 2.24) is 10.2 Å². The van der Waals surface area contributed by atoms with E-state index in [1.807, 2.05) is 32.0 Å². The summed E-state index contributed by atoms with van der Waals surface area (Å²) in [5, 5.41) is 13.0. The quantitative estimate of drug-likeness (QED) is 0.126. The highest BCUT2D eigenvalue weighted by Crippen LogP contribution is 2.21. The Morgan fingerprint density at radius 3 is 2.61 bits per heavy atom. The molecule has 10 heteroatoms. The number of benzene rings is 2. The molecule has 0 spiro atoms. The van der Waals surface area contributed by atoms with Crippen LogP contribution in [0.4, 0.5) is 0 Å². The molecule has 0 N–H and O–H groups in total. The molecule has 0 saturated heterocycles. The van der Waals surface area contributed by atoms with Crippen molar-refractivity contribution in [1.29, 1.82) is 0 Å². The maximum atomic E-state index is 12.2. The lowest BCUT2D eigenvalue weighted by Crippen LogP contribution is -2.29. The van der Waals surface area contributed by atoms with E-state index >= 15 is 0 Å². The van der Waals surface area contributed by atoms with Crippen LogP contribution in [-0.2, 0) is 25.5 Å². The normalized spacial score (nSPS) is 12.3. The first kappa shape index (κ1) is 27.2. The van der Waals surface area contributed by atoms with E-state index in [9.17, 15) is 4.79 Å². The number of halogens is 1. The molecule has 9 nitrogen and oxygen atoms in total. The van der Waals surface area contributed by atoms with Gasteiger partial charge in [-0.3, -0.25) is 0 Å². The summed E-state index contributed by atoms with van der Waals surface area (Å²) in [6.07, 6.45) is 0.467. The maximum absolute atomic E-state index is 12.2. The predicted molar refractivity (Wildman–Crippen MR) is 135 cm³/mol. The molecule has 1 aromatic heterocycles. The van der Waals surface area contributed by atoms with E-state index in [2.05, 4.69) is 15.4 Å². The van der Waals surface area contributed by atoms with Crippen LogP contribution < -0.4 is 4.74 Å². The van der Waals surface area contributed by atoms with E-state index < -0.39 is 6.10 Å².